The van der Waals surface area contributed by atoms with Crippen LogP contribution in [0.2, 0.25) is 0 Å². The molecule has 1 saturated heterocycles. The van der Waals surface area contributed by atoms with Gasteiger partial charge in [-0.1, -0.05) is 12.1 Å². The maximum absolute atomic E-state index is 5.77. The number of likely N-dealkylation sites (tertiary alicyclic amines) is 1. The SMILES string of the molecule is COCC1CCN(CCc2cccc(N)c2)C1. The fraction of sp³-hybridized carbons (Fsp3) is 0.571. The molecule has 0 bridgehead atoms. The molecule has 1 aliphatic heterocycles. The molecule has 1 atom stereocenters. The highest BCUT2D eigenvalue weighted by molar-refractivity contribution is 5.40. The molecule has 0 radical (unpaired) electrons. The number of rotatable bonds is 5. The predicted octanol–water partition coefficient (Wildman–Crippen LogP) is 1.78. The van der Waals surface area contributed by atoms with Gasteiger partial charge in [-0.25, -0.2) is 0 Å². The van der Waals surface area contributed by atoms with Gasteiger partial charge in [0.1, 0.15) is 0 Å². The second-order valence-electron chi connectivity index (χ2n) is 4.91. The monoisotopic (exact) mass is 234 g/mol. The van der Waals surface area contributed by atoms with Crippen LogP contribution in [0.25, 0.3) is 0 Å². The lowest BCUT2D eigenvalue weighted by molar-refractivity contribution is 0.153. The molecule has 3 nitrogen and oxygen atoms in total. The van der Waals surface area contributed by atoms with Gasteiger partial charge < -0.3 is 15.4 Å². The predicted molar refractivity (Wildman–Crippen MR) is 71.0 cm³/mol. The molecule has 3 heteroatoms. The third-order valence-corrected chi connectivity index (χ3v) is 3.44. The molecule has 2 rings (SSSR count). The number of methoxy groups -OCH3 is 1. The van der Waals surface area contributed by atoms with Crippen molar-refractivity contribution in [2.75, 3.05) is 39.1 Å². The minimum Gasteiger partial charge on any atom is -0.399 e. The quantitative estimate of drug-likeness (QED) is 0.789. The molecular weight excluding hydrogens is 212 g/mol. The third-order valence-electron chi connectivity index (χ3n) is 3.44. The molecule has 1 aliphatic rings. The molecule has 0 amide bonds. The van der Waals surface area contributed by atoms with Crippen LogP contribution in [0.15, 0.2) is 24.3 Å². The Morgan fingerprint density at radius 2 is 2.35 bits per heavy atom. The van der Waals surface area contributed by atoms with Crippen molar-refractivity contribution in [3.8, 4) is 0 Å². The summed E-state index contributed by atoms with van der Waals surface area (Å²) in [6, 6.07) is 8.19. The van der Waals surface area contributed by atoms with E-state index in [1.165, 1.54) is 25.1 Å². The number of nitrogen functional groups attached to an aromatic ring is 1. The van der Waals surface area contributed by atoms with Crippen LogP contribution < -0.4 is 5.73 Å². The summed E-state index contributed by atoms with van der Waals surface area (Å²) < 4.78 is 5.21. The minimum absolute atomic E-state index is 0.723. The van der Waals surface area contributed by atoms with Crippen LogP contribution in [0.3, 0.4) is 0 Å². The summed E-state index contributed by atoms with van der Waals surface area (Å²) >= 11 is 0. The summed E-state index contributed by atoms with van der Waals surface area (Å²) in [7, 11) is 1.79. The second kappa shape index (κ2) is 6.03. The van der Waals surface area contributed by atoms with E-state index in [9.17, 15) is 0 Å². The Hall–Kier alpha value is -1.06. The van der Waals surface area contributed by atoms with Gasteiger partial charge in [0.05, 0.1) is 6.61 Å². The smallest absolute Gasteiger partial charge is 0.0503 e. The Labute approximate surface area is 104 Å². The number of nitrogens with two attached hydrogens (primary N) is 1. The topological polar surface area (TPSA) is 38.5 Å². The third kappa shape index (κ3) is 3.72. The lowest BCUT2D eigenvalue weighted by Crippen LogP contribution is -2.24. The highest BCUT2D eigenvalue weighted by Gasteiger charge is 2.21. The van der Waals surface area contributed by atoms with Crippen molar-refractivity contribution in [3.05, 3.63) is 29.8 Å². The van der Waals surface area contributed by atoms with Crippen LogP contribution in [0, 0.1) is 5.92 Å². The van der Waals surface area contributed by atoms with Crippen LogP contribution in [-0.4, -0.2) is 38.3 Å². The Morgan fingerprint density at radius 1 is 1.47 bits per heavy atom. The number of hydrogen-bond donors (Lipinski definition) is 1. The normalized spacial score (nSPS) is 20.9. The molecule has 17 heavy (non-hydrogen) atoms. The summed E-state index contributed by atoms with van der Waals surface area (Å²) in [5.41, 5.74) is 7.97. The Morgan fingerprint density at radius 3 is 3.12 bits per heavy atom. The van der Waals surface area contributed by atoms with Gasteiger partial charge in [0.2, 0.25) is 0 Å². The molecule has 0 aliphatic carbocycles. The van der Waals surface area contributed by atoms with E-state index in [2.05, 4.69) is 17.0 Å². The van der Waals surface area contributed by atoms with Crippen molar-refractivity contribution in [1.82, 2.24) is 4.90 Å². The number of hydrogen-bond acceptors (Lipinski definition) is 3. The van der Waals surface area contributed by atoms with E-state index in [-0.39, 0.29) is 0 Å². The van der Waals surface area contributed by atoms with E-state index in [0.717, 1.165) is 31.2 Å². The van der Waals surface area contributed by atoms with Crippen molar-refractivity contribution < 1.29 is 4.74 Å². The zero-order valence-electron chi connectivity index (χ0n) is 10.6. The van der Waals surface area contributed by atoms with Crippen LogP contribution in [0.5, 0.6) is 0 Å². The average Bonchev–Trinajstić information content (AvgIpc) is 2.75. The first-order valence-electron chi connectivity index (χ1n) is 6.33. The largest absolute Gasteiger partial charge is 0.399 e. The minimum atomic E-state index is 0.723. The van der Waals surface area contributed by atoms with Gasteiger partial charge in [0.25, 0.3) is 0 Å². The first-order chi connectivity index (χ1) is 8.28. The number of anilines is 1. The van der Waals surface area contributed by atoms with Gasteiger partial charge in [-0.2, -0.15) is 0 Å². The van der Waals surface area contributed by atoms with E-state index in [1.807, 2.05) is 12.1 Å². The number of nitrogens with zero attached hydrogens (tertiary/aromatic N) is 1. The fourth-order valence-electron chi connectivity index (χ4n) is 2.52. The van der Waals surface area contributed by atoms with E-state index >= 15 is 0 Å². The standard InChI is InChI=1S/C14H22N2O/c1-17-11-13-6-8-16(10-13)7-5-12-3-2-4-14(15)9-12/h2-4,9,13H,5-8,10-11,15H2,1H3. The Bertz CT molecular complexity index is 354. The van der Waals surface area contributed by atoms with Crippen molar-refractivity contribution in [2.24, 2.45) is 5.92 Å². The van der Waals surface area contributed by atoms with Crippen LogP contribution in [-0.2, 0) is 11.2 Å². The van der Waals surface area contributed by atoms with E-state index in [1.54, 1.807) is 7.11 Å². The summed E-state index contributed by atoms with van der Waals surface area (Å²) in [6.45, 7) is 4.41. The number of benzene rings is 1. The van der Waals surface area contributed by atoms with Crippen LogP contribution >= 0.6 is 0 Å². The van der Waals surface area contributed by atoms with Crippen molar-refractivity contribution in [1.29, 1.82) is 0 Å². The summed E-state index contributed by atoms with van der Waals surface area (Å²) in [5.74, 6) is 0.723. The van der Waals surface area contributed by atoms with Gasteiger partial charge in [-0.3, -0.25) is 0 Å². The van der Waals surface area contributed by atoms with Crippen molar-refractivity contribution >= 4 is 5.69 Å². The van der Waals surface area contributed by atoms with Crippen LogP contribution in [0.1, 0.15) is 12.0 Å². The average molecular weight is 234 g/mol. The maximum Gasteiger partial charge on any atom is 0.0503 e. The fourth-order valence-corrected chi connectivity index (χ4v) is 2.52. The van der Waals surface area contributed by atoms with Gasteiger partial charge in [0.15, 0.2) is 0 Å². The van der Waals surface area contributed by atoms with Crippen molar-refractivity contribution in [3.63, 3.8) is 0 Å². The van der Waals surface area contributed by atoms with Gasteiger partial charge in [0, 0.05) is 25.9 Å². The molecule has 1 aromatic rings. The Balaban J connectivity index is 1.76. The summed E-state index contributed by atoms with van der Waals surface area (Å²) in [5, 5.41) is 0. The van der Waals surface area contributed by atoms with Crippen LogP contribution in [0.4, 0.5) is 5.69 Å². The molecule has 1 fully saturated rings. The second-order valence-corrected chi connectivity index (χ2v) is 4.91. The summed E-state index contributed by atoms with van der Waals surface area (Å²) in [4.78, 5) is 2.52. The molecule has 0 spiro atoms. The zero-order chi connectivity index (χ0) is 12.1. The van der Waals surface area contributed by atoms with Crippen molar-refractivity contribution in [2.45, 2.75) is 12.8 Å². The first kappa shape index (κ1) is 12.4. The molecule has 94 valence electrons. The molecule has 2 N–H and O–H groups in total. The molecule has 0 saturated carbocycles. The summed E-state index contributed by atoms with van der Waals surface area (Å²) in [6.07, 6.45) is 2.36. The van der Waals surface area contributed by atoms with E-state index in [4.69, 9.17) is 10.5 Å². The van der Waals surface area contributed by atoms with E-state index in [0.29, 0.717) is 0 Å². The zero-order valence-corrected chi connectivity index (χ0v) is 10.6. The molecule has 1 unspecified atom stereocenters. The molecule has 1 heterocycles. The lowest BCUT2D eigenvalue weighted by atomic mass is 10.1. The lowest BCUT2D eigenvalue weighted by Gasteiger charge is -2.15. The van der Waals surface area contributed by atoms with Gasteiger partial charge in [-0.05, 0) is 43.0 Å². The molecular formula is C14H22N2O. The maximum atomic E-state index is 5.77. The first-order valence-corrected chi connectivity index (χ1v) is 6.33. The molecule has 0 aromatic heterocycles. The van der Waals surface area contributed by atoms with Gasteiger partial charge >= 0.3 is 0 Å². The Kier molecular flexibility index (Phi) is 4.40. The molecule has 1 aromatic carbocycles. The highest BCUT2D eigenvalue weighted by Crippen LogP contribution is 2.17. The van der Waals surface area contributed by atoms with E-state index < -0.39 is 0 Å². The van der Waals surface area contributed by atoms with Gasteiger partial charge in [-0.15, -0.1) is 0 Å². The highest BCUT2D eigenvalue weighted by atomic mass is 16.5. The number of ether oxygens (including phenoxy) is 1.